The number of nitrogens with zero attached hydrogens (tertiary/aromatic N) is 1. The monoisotopic (exact) mass is 210 g/mol. The van der Waals surface area contributed by atoms with Gasteiger partial charge in [-0.1, -0.05) is 19.8 Å². The highest BCUT2D eigenvalue weighted by Gasteiger charge is 2.23. The second kappa shape index (κ2) is 3.89. The third kappa shape index (κ3) is 1.92. The van der Waals surface area contributed by atoms with Crippen LogP contribution in [0, 0.1) is 12.8 Å². The largest absolute Gasteiger partial charge is 0.383 e. The zero-order valence-electron chi connectivity index (χ0n) is 8.92. The standard InChI is InChI=1S/C11H18N2S/c1-7-4-3-5-9(6-7)11-13-10(12)8(2)14-11/h7,9H,3-6,12H2,1-2H3. The number of nitrogen functional groups attached to an aromatic ring is 1. The average Bonchev–Trinajstić information content (AvgIpc) is 2.47. The lowest BCUT2D eigenvalue weighted by Crippen LogP contribution is -2.11. The summed E-state index contributed by atoms with van der Waals surface area (Å²) in [6.07, 6.45) is 5.34. The van der Waals surface area contributed by atoms with Crippen LogP contribution in [0.3, 0.4) is 0 Å². The third-order valence-electron chi connectivity index (χ3n) is 3.13. The smallest absolute Gasteiger partial charge is 0.137 e. The minimum atomic E-state index is 0.680. The van der Waals surface area contributed by atoms with Gasteiger partial charge in [0, 0.05) is 10.8 Å². The second-order valence-electron chi connectivity index (χ2n) is 4.46. The minimum Gasteiger partial charge on any atom is -0.383 e. The van der Waals surface area contributed by atoms with Gasteiger partial charge in [0.2, 0.25) is 0 Å². The SMILES string of the molecule is Cc1sc(C2CCCC(C)C2)nc1N. The van der Waals surface area contributed by atoms with Crippen LogP contribution in [0.2, 0.25) is 0 Å². The number of rotatable bonds is 1. The summed E-state index contributed by atoms with van der Waals surface area (Å²) in [4.78, 5) is 5.64. The van der Waals surface area contributed by atoms with E-state index in [1.807, 2.05) is 0 Å². The summed E-state index contributed by atoms with van der Waals surface area (Å²) < 4.78 is 0. The molecule has 2 unspecified atom stereocenters. The van der Waals surface area contributed by atoms with Crippen LogP contribution in [0.25, 0.3) is 0 Å². The molecule has 0 spiro atoms. The Morgan fingerprint density at radius 3 is 2.79 bits per heavy atom. The molecule has 2 N–H and O–H groups in total. The van der Waals surface area contributed by atoms with Gasteiger partial charge in [0.15, 0.2) is 0 Å². The average molecular weight is 210 g/mol. The molecule has 1 aromatic heterocycles. The fourth-order valence-corrected chi connectivity index (χ4v) is 3.25. The van der Waals surface area contributed by atoms with Crippen molar-refractivity contribution < 1.29 is 0 Å². The number of nitrogens with two attached hydrogens (primary N) is 1. The van der Waals surface area contributed by atoms with Gasteiger partial charge < -0.3 is 5.73 Å². The molecule has 1 heterocycles. The van der Waals surface area contributed by atoms with Crippen molar-refractivity contribution in [2.24, 2.45) is 5.92 Å². The van der Waals surface area contributed by atoms with Gasteiger partial charge >= 0.3 is 0 Å². The molecule has 0 amide bonds. The molecule has 3 heteroatoms. The van der Waals surface area contributed by atoms with Crippen molar-refractivity contribution in [2.45, 2.75) is 45.4 Å². The maximum atomic E-state index is 5.78. The maximum Gasteiger partial charge on any atom is 0.137 e. The lowest BCUT2D eigenvalue weighted by atomic mass is 9.83. The van der Waals surface area contributed by atoms with Crippen LogP contribution in [-0.2, 0) is 0 Å². The molecule has 1 fully saturated rings. The van der Waals surface area contributed by atoms with Crippen molar-refractivity contribution in [1.29, 1.82) is 0 Å². The molecule has 2 atom stereocenters. The first kappa shape index (κ1) is 9.97. The van der Waals surface area contributed by atoms with E-state index < -0.39 is 0 Å². The van der Waals surface area contributed by atoms with Crippen molar-refractivity contribution in [3.05, 3.63) is 9.88 Å². The van der Waals surface area contributed by atoms with Gasteiger partial charge in [0.1, 0.15) is 5.82 Å². The molecule has 0 radical (unpaired) electrons. The quantitative estimate of drug-likeness (QED) is 0.772. The van der Waals surface area contributed by atoms with Crippen LogP contribution in [-0.4, -0.2) is 4.98 Å². The van der Waals surface area contributed by atoms with Crippen LogP contribution >= 0.6 is 11.3 Å². The van der Waals surface area contributed by atoms with Gasteiger partial charge in [0.25, 0.3) is 0 Å². The van der Waals surface area contributed by atoms with Crippen LogP contribution < -0.4 is 5.73 Å². The van der Waals surface area contributed by atoms with E-state index in [2.05, 4.69) is 18.8 Å². The van der Waals surface area contributed by atoms with Gasteiger partial charge in [-0.15, -0.1) is 11.3 Å². The highest BCUT2D eigenvalue weighted by Crippen LogP contribution is 2.38. The number of anilines is 1. The summed E-state index contributed by atoms with van der Waals surface area (Å²) >= 11 is 1.79. The lowest BCUT2D eigenvalue weighted by molar-refractivity contribution is 0.343. The van der Waals surface area contributed by atoms with E-state index in [0.29, 0.717) is 5.92 Å². The van der Waals surface area contributed by atoms with Crippen LogP contribution in [0.4, 0.5) is 5.82 Å². The normalized spacial score (nSPS) is 27.9. The van der Waals surface area contributed by atoms with Gasteiger partial charge in [-0.3, -0.25) is 0 Å². The van der Waals surface area contributed by atoms with Crippen molar-refractivity contribution in [2.75, 3.05) is 5.73 Å². The predicted octanol–water partition coefficient (Wildman–Crippen LogP) is 3.33. The number of hydrogen-bond acceptors (Lipinski definition) is 3. The van der Waals surface area contributed by atoms with Crippen LogP contribution in [0.15, 0.2) is 0 Å². The number of hydrogen-bond donors (Lipinski definition) is 1. The Morgan fingerprint density at radius 1 is 1.43 bits per heavy atom. The fraction of sp³-hybridized carbons (Fsp3) is 0.727. The highest BCUT2D eigenvalue weighted by atomic mass is 32.1. The summed E-state index contributed by atoms with van der Waals surface area (Å²) in [5.41, 5.74) is 5.78. The molecule has 1 aliphatic carbocycles. The molecule has 78 valence electrons. The second-order valence-corrected chi connectivity index (χ2v) is 5.70. The summed E-state index contributed by atoms with van der Waals surface area (Å²) in [6, 6.07) is 0. The number of thiazole rings is 1. The first-order valence-corrected chi connectivity index (χ1v) is 6.21. The molecular weight excluding hydrogens is 192 g/mol. The molecule has 2 nitrogen and oxygen atoms in total. The Labute approximate surface area is 89.5 Å². The van der Waals surface area contributed by atoms with Gasteiger partial charge in [-0.25, -0.2) is 4.98 Å². The van der Waals surface area contributed by atoms with Crippen LogP contribution in [0.1, 0.15) is 48.4 Å². The zero-order chi connectivity index (χ0) is 10.1. The minimum absolute atomic E-state index is 0.680. The first-order valence-electron chi connectivity index (χ1n) is 5.39. The van der Waals surface area contributed by atoms with E-state index in [9.17, 15) is 0 Å². The Kier molecular flexibility index (Phi) is 2.77. The molecule has 1 aliphatic rings. The summed E-state index contributed by atoms with van der Waals surface area (Å²) in [5, 5.41) is 1.27. The topological polar surface area (TPSA) is 38.9 Å². The molecule has 2 rings (SSSR count). The lowest BCUT2D eigenvalue weighted by Gasteiger charge is -2.24. The molecule has 0 aliphatic heterocycles. The summed E-state index contributed by atoms with van der Waals surface area (Å²) in [5.74, 6) is 2.28. The van der Waals surface area contributed by atoms with Crippen LogP contribution in [0.5, 0.6) is 0 Å². The molecule has 1 saturated carbocycles. The van der Waals surface area contributed by atoms with Crippen molar-refractivity contribution in [1.82, 2.24) is 4.98 Å². The van der Waals surface area contributed by atoms with E-state index in [1.54, 1.807) is 11.3 Å². The zero-order valence-corrected chi connectivity index (χ0v) is 9.73. The van der Waals surface area contributed by atoms with E-state index >= 15 is 0 Å². The van der Waals surface area contributed by atoms with Crippen molar-refractivity contribution >= 4 is 17.2 Å². The van der Waals surface area contributed by atoms with Gasteiger partial charge in [-0.05, 0) is 25.7 Å². The summed E-state index contributed by atoms with van der Waals surface area (Å²) in [7, 11) is 0. The van der Waals surface area contributed by atoms with Crippen molar-refractivity contribution in [3.8, 4) is 0 Å². The van der Waals surface area contributed by atoms with Crippen molar-refractivity contribution in [3.63, 3.8) is 0 Å². The third-order valence-corrected chi connectivity index (χ3v) is 4.28. The Balaban J connectivity index is 2.14. The van der Waals surface area contributed by atoms with E-state index in [1.165, 1.54) is 35.6 Å². The van der Waals surface area contributed by atoms with E-state index in [0.717, 1.165) is 11.7 Å². The Morgan fingerprint density at radius 2 is 2.21 bits per heavy atom. The maximum absolute atomic E-state index is 5.78. The molecule has 1 aromatic rings. The Bertz CT molecular complexity index is 300. The van der Waals surface area contributed by atoms with E-state index in [-0.39, 0.29) is 0 Å². The first-order chi connectivity index (χ1) is 6.66. The number of aryl methyl sites for hydroxylation is 1. The molecule has 0 saturated heterocycles. The summed E-state index contributed by atoms with van der Waals surface area (Å²) in [6.45, 7) is 4.40. The van der Waals surface area contributed by atoms with Gasteiger partial charge in [0.05, 0.1) is 5.01 Å². The Hall–Kier alpha value is -0.570. The molecule has 0 aromatic carbocycles. The number of aromatic nitrogens is 1. The molecule has 14 heavy (non-hydrogen) atoms. The van der Waals surface area contributed by atoms with Gasteiger partial charge in [-0.2, -0.15) is 0 Å². The fourth-order valence-electron chi connectivity index (χ4n) is 2.26. The predicted molar refractivity (Wildman–Crippen MR) is 61.6 cm³/mol. The van der Waals surface area contributed by atoms with E-state index in [4.69, 9.17) is 5.73 Å². The molecular formula is C11H18N2S. The highest BCUT2D eigenvalue weighted by molar-refractivity contribution is 7.12. The molecule has 0 bridgehead atoms.